The summed E-state index contributed by atoms with van der Waals surface area (Å²) in [6.07, 6.45) is 2.66. The number of hydrogen-bond acceptors (Lipinski definition) is 3. The summed E-state index contributed by atoms with van der Waals surface area (Å²) in [6.45, 7) is 17.6. The summed E-state index contributed by atoms with van der Waals surface area (Å²) in [5.74, 6) is -1.68. The number of nitrogens with zero attached hydrogens (tertiary/aromatic N) is 1. The van der Waals surface area contributed by atoms with Gasteiger partial charge in [0.1, 0.15) is 6.04 Å². The van der Waals surface area contributed by atoms with Crippen molar-refractivity contribution in [3.63, 3.8) is 0 Å². The Bertz CT molecular complexity index is 897. The first-order valence-corrected chi connectivity index (χ1v) is 12.7. The molecule has 0 saturated heterocycles. The maximum Gasteiger partial charge on any atom is 0.331 e. The van der Waals surface area contributed by atoms with Crippen LogP contribution in [0.5, 0.6) is 0 Å². The summed E-state index contributed by atoms with van der Waals surface area (Å²) in [5.41, 5.74) is 0.388. The Labute approximate surface area is 212 Å². The Morgan fingerprint density at radius 1 is 1.03 bits per heavy atom. The molecule has 35 heavy (non-hydrogen) atoms. The van der Waals surface area contributed by atoms with E-state index < -0.39 is 28.9 Å². The van der Waals surface area contributed by atoms with Crippen LogP contribution in [0.3, 0.4) is 0 Å². The summed E-state index contributed by atoms with van der Waals surface area (Å²) < 4.78 is 0. The van der Waals surface area contributed by atoms with Gasteiger partial charge in [0.05, 0.1) is 6.04 Å². The number of carboxylic acid groups (broad SMARTS) is 1. The van der Waals surface area contributed by atoms with Gasteiger partial charge in [-0.1, -0.05) is 98.7 Å². The van der Waals surface area contributed by atoms with E-state index >= 15 is 0 Å². The highest BCUT2D eigenvalue weighted by molar-refractivity contribution is 5.90. The molecule has 6 heteroatoms. The predicted octanol–water partition coefficient (Wildman–Crippen LogP) is 5.43. The fraction of sp³-hybridized carbons (Fsp3) is 0.621. The average Bonchev–Trinajstić information content (AvgIpc) is 2.76. The number of benzene rings is 1. The van der Waals surface area contributed by atoms with Gasteiger partial charge in [-0.25, -0.2) is 4.79 Å². The second-order valence-electron chi connectivity index (χ2n) is 11.4. The highest BCUT2D eigenvalue weighted by Gasteiger charge is 2.41. The van der Waals surface area contributed by atoms with E-state index in [1.165, 1.54) is 0 Å². The van der Waals surface area contributed by atoms with Crippen molar-refractivity contribution in [1.29, 1.82) is 0 Å². The van der Waals surface area contributed by atoms with Crippen LogP contribution in [0.2, 0.25) is 0 Å². The maximum atomic E-state index is 13.8. The summed E-state index contributed by atoms with van der Waals surface area (Å²) >= 11 is 0. The number of rotatable bonds is 11. The van der Waals surface area contributed by atoms with Crippen LogP contribution >= 0.6 is 0 Å². The highest BCUT2D eigenvalue weighted by atomic mass is 16.4. The van der Waals surface area contributed by atoms with Crippen molar-refractivity contribution in [2.75, 3.05) is 7.05 Å². The van der Waals surface area contributed by atoms with Crippen molar-refractivity contribution < 1.29 is 19.5 Å². The number of hydrogen-bond donors (Lipinski definition) is 2. The van der Waals surface area contributed by atoms with Crippen LogP contribution in [0.1, 0.15) is 80.7 Å². The Balaban J connectivity index is 3.32. The molecular formula is C29H46N2O4. The molecule has 0 aliphatic carbocycles. The second-order valence-corrected chi connectivity index (χ2v) is 11.4. The second kappa shape index (κ2) is 12.4. The van der Waals surface area contributed by atoms with Crippen LogP contribution in [0.25, 0.3) is 0 Å². The fourth-order valence-electron chi connectivity index (χ4n) is 4.63. The van der Waals surface area contributed by atoms with Crippen LogP contribution in [-0.4, -0.2) is 46.9 Å². The molecule has 0 fully saturated rings. The van der Waals surface area contributed by atoms with Crippen molar-refractivity contribution in [1.82, 2.24) is 10.2 Å². The molecule has 0 aliphatic heterocycles. The Hall–Kier alpha value is -2.63. The Morgan fingerprint density at radius 3 is 1.97 bits per heavy atom. The molecule has 1 aromatic rings. The topological polar surface area (TPSA) is 86.7 Å². The third-order valence-corrected chi connectivity index (χ3v) is 7.02. The first kappa shape index (κ1) is 30.4. The lowest BCUT2D eigenvalue weighted by Gasteiger charge is -2.40. The van der Waals surface area contributed by atoms with E-state index in [2.05, 4.69) is 19.2 Å². The molecule has 196 valence electrons. The van der Waals surface area contributed by atoms with Crippen LogP contribution in [0, 0.1) is 17.3 Å². The molecule has 0 aliphatic rings. The zero-order valence-electron chi connectivity index (χ0n) is 23.3. The van der Waals surface area contributed by atoms with Gasteiger partial charge in [-0.3, -0.25) is 9.59 Å². The monoisotopic (exact) mass is 486 g/mol. The van der Waals surface area contributed by atoms with Crippen molar-refractivity contribution in [3.8, 4) is 0 Å². The van der Waals surface area contributed by atoms with E-state index in [1.807, 2.05) is 71.9 Å². The number of carboxylic acids is 1. The highest BCUT2D eigenvalue weighted by Crippen LogP contribution is 2.35. The standard InChI is InChI=1S/C29H46N2O4/c1-11-20(27(34)35)18-23(19(3)4)31(10)26(33)24(28(5,6)7)30-25(32)22(12-2)29(8,9)21-16-14-13-15-17-21/h13-19,22-24H,11-12H2,1-10H3,(H,30,32)(H,34,35)/b20-18+/t22-,23-,24-/m1/s1. The van der Waals surface area contributed by atoms with Gasteiger partial charge in [-0.05, 0) is 29.7 Å². The number of nitrogens with one attached hydrogen (secondary N) is 1. The van der Waals surface area contributed by atoms with Crippen LogP contribution < -0.4 is 5.32 Å². The third-order valence-electron chi connectivity index (χ3n) is 7.02. The van der Waals surface area contributed by atoms with Crippen LogP contribution in [-0.2, 0) is 19.8 Å². The summed E-state index contributed by atoms with van der Waals surface area (Å²) in [6, 6.07) is 8.80. The number of likely N-dealkylation sites (N-methyl/N-ethyl adjacent to an activating group) is 1. The van der Waals surface area contributed by atoms with E-state index in [4.69, 9.17) is 0 Å². The smallest absolute Gasteiger partial charge is 0.331 e. The summed E-state index contributed by atoms with van der Waals surface area (Å²) in [7, 11) is 1.69. The van der Waals surface area contributed by atoms with Crippen LogP contribution in [0.15, 0.2) is 42.0 Å². The van der Waals surface area contributed by atoms with E-state index in [1.54, 1.807) is 24.9 Å². The lowest BCUT2D eigenvalue weighted by Crippen LogP contribution is -2.58. The Morgan fingerprint density at radius 2 is 1.57 bits per heavy atom. The van der Waals surface area contributed by atoms with Gasteiger partial charge in [-0.2, -0.15) is 0 Å². The van der Waals surface area contributed by atoms with Crippen molar-refractivity contribution >= 4 is 17.8 Å². The number of amides is 2. The fourth-order valence-corrected chi connectivity index (χ4v) is 4.63. The van der Waals surface area contributed by atoms with Gasteiger partial charge in [0.15, 0.2) is 0 Å². The van der Waals surface area contributed by atoms with Gasteiger partial charge < -0.3 is 15.3 Å². The Kier molecular flexibility index (Phi) is 10.7. The van der Waals surface area contributed by atoms with Crippen molar-refractivity contribution in [2.45, 2.75) is 92.7 Å². The molecule has 0 saturated carbocycles. The largest absolute Gasteiger partial charge is 0.478 e. The maximum absolute atomic E-state index is 13.8. The van der Waals surface area contributed by atoms with E-state index in [9.17, 15) is 19.5 Å². The molecule has 1 rings (SSSR count). The number of aliphatic carboxylic acids is 1. The molecule has 2 amide bonds. The molecule has 0 heterocycles. The molecule has 0 radical (unpaired) electrons. The lowest BCUT2D eigenvalue weighted by atomic mass is 9.71. The van der Waals surface area contributed by atoms with Gasteiger partial charge in [0.25, 0.3) is 0 Å². The minimum Gasteiger partial charge on any atom is -0.478 e. The molecule has 0 bridgehead atoms. The molecule has 0 aromatic heterocycles. The van der Waals surface area contributed by atoms with Gasteiger partial charge in [-0.15, -0.1) is 0 Å². The zero-order chi connectivity index (χ0) is 27.1. The summed E-state index contributed by atoms with van der Waals surface area (Å²) in [4.78, 5) is 40.6. The van der Waals surface area contributed by atoms with E-state index in [-0.39, 0.29) is 29.2 Å². The summed E-state index contributed by atoms with van der Waals surface area (Å²) in [5, 5.41) is 12.6. The molecule has 0 unspecified atom stereocenters. The predicted molar refractivity (Wildman–Crippen MR) is 142 cm³/mol. The van der Waals surface area contributed by atoms with Gasteiger partial charge in [0, 0.05) is 24.0 Å². The molecule has 2 N–H and O–H groups in total. The normalized spacial score (nSPS) is 15.3. The quantitative estimate of drug-likeness (QED) is 0.409. The van der Waals surface area contributed by atoms with Gasteiger partial charge in [0.2, 0.25) is 11.8 Å². The molecule has 0 spiro atoms. The van der Waals surface area contributed by atoms with E-state index in [0.717, 1.165) is 5.56 Å². The minimum absolute atomic E-state index is 0.00146. The first-order chi connectivity index (χ1) is 16.1. The molecule has 6 nitrogen and oxygen atoms in total. The van der Waals surface area contributed by atoms with E-state index in [0.29, 0.717) is 12.8 Å². The molecule has 3 atom stereocenters. The minimum atomic E-state index is -0.978. The zero-order valence-corrected chi connectivity index (χ0v) is 23.3. The lowest BCUT2D eigenvalue weighted by molar-refractivity contribution is -0.141. The first-order valence-electron chi connectivity index (χ1n) is 12.7. The number of carbonyl (C=O) groups excluding carboxylic acids is 2. The van der Waals surface area contributed by atoms with Crippen molar-refractivity contribution in [3.05, 3.63) is 47.5 Å². The molecular weight excluding hydrogens is 440 g/mol. The third kappa shape index (κ3) is 7.68. The van der Waals surface area contributed by atoms with Crippen molar-refractivity contribution in [2.24, 2.45) is 17.3 Å². The average molecular weight is 487 g/mol. The number of carbonyl (C=O) groups is 3. The van der Waals surface area contributed by atoms with Gasteiger partial charge >= 0.3 is 5.97 Å². The molecule has 1 aromatic carbocycles. The van der Waals surface area contributed by atoms with Crippen LogP contribution in [0.4, 0.5) is 0 Å². The SMILES string of the molecule is CC/C(=C\[C@H](C(C)C)N(C)C(=O)[C@@H](NC(=O)[C@@H](CC)C(C)(C)c1ccccc1)C(C)(C)C)C(=O)O.